The highest BCUT2D eigenvalue weighted by Gasteiger charge is 2.80. The Bertz CT molecular complexity index is 3340. The molecule has 0 spiro atoms. The molecule has 676 valence electrons. The van der Waals surface area contributed by atoms with E-state index in [9.17, 15) is 180 Å². The molecule has 2 saturated carbocycles. The van der Waals surface area contributed by atoms with Crippen molar-refractivity contribution in [2.24, 2.45) is 0 Å². The van der Waals surface area contributed by atoms with Crippen molar-refractivity contribution in [1.29, 1.82) is 0 Å². The van der Waals surface area contributed by atoms with Crippen molar-refractivity contribution in [3.63, 3.8) is 0 Å². The lowest BCUT2D eigenvalue weighted by atomic mass is 9.97. The second kappa shape index (κ2) is 46.3. The van der Waals surface area contributed by atoms with Gasteiger partial charge in [-0.05, 0) is 72.1 Å². The molecule has 0 N–H and O–H groups in total. The molecule has 0 amide bonds. The molecule has 2 rings (SSSR count). The second-order valence-corrected chi connectivity index (χ2v) is 23.5. The summed E-state index contributed by atoms with van der Waals surface area (Å²) in [6.07, 6.45) is -31.1. The van der Waals surface area contributed by atoms with Crippen molar-refractivity contribution in [2.75, 3.05) is 99.6 Å². The first kappa shape index (κ1) is 110. The highest BCUT2D eigenvalue weighted by molar-refractivity contribution is 5.93. The van der Waals surface area contributed by atoms with E-state index in [4.69, 9.17) is 4.74 Å². The molecule has 0 aromatic carbocycles. The van der Waals surface area contributed by atoms with E-state index in [-0.39, 0.29) is 56.7 Å². The Hall–Kier alpha value is -9.06. The van der Waals surface area contributed by atoms with Gasteiger partial charge in [-0.15, -0.1) is 0 Å². The monoisotopic (exact) mass is 1780 g/mol. The van der Waals surface area contributed by atoms with Crippen molar-refractivity contribution in [2.45, 2.75) is 175 Å². The number of alkyl halides is 29. The summed E-state index contributed by atoms with van der Waals surface area (Å²) in [5.41, 5.74) is -4.09. The molecule has 0 bridgehead atoms. The molecule has 55 heteroatoms. The minimum atomic E-state index is -6.44. The molecule has 117 heavy (non-hydrogen) atoms. The average molecular weight is 1780 g/mol. The molecule has 2 aliphatic rings. The van der Waals surface area contributed by atoms with Crippen molar-refractivity contribution >= 4 is 65.7 Å². The van der Waals surface area contributed by atoms with Crippen LogP contribution in [0.25, 0.3) is 0 Å². The van der Waals surface area contributed by atoms with Crippen molar-refractivity contribution in [1.82, 2.24) is 0 Å². The van der Waals surface area contributed by atoms with Gasteiger partial charge in [0.1, 0.15) is 51.8 Å². The molecular weight excluding hydrogens is 1710 g/mol. The smallest absolute Gasteiger partial charge is 0.456 e. The van der Waals surface area contributed by atoms with Crippen molar-refractivity contribution in [3.05, 3.63) is 48.6 Å². The number of carbonyl (C=O) groups is 11. The van der Waals surface area contributed by atoms with Gasteiger partial charge in [0.15, 0.2) is 19.8 Å². The molecule has 0 unspecified atom stereocenters. The highest BCUT2D eigenvalue weighted by atomic mass is 19.4. The van der Waals surface area contributed by atoms with Gasteiger partial charge in [-0.25, -0.2) is 52.7 Å². The Balaban J connectivity index is 0. The van der Waals surface area contributed by atoms with Gasteiger partial charge in [0.25, 0.3) is 6.10 Å². The topological polar surface area (TPSA) is 326 Å². The fourth-order valence-corrected chi connectivity index (χ4v) is 7.18. The molecule has 2 fully saturated rings. The van der Waals surface area contributed by atoms with E-state index in [1.54, 1.807) is 6.92 Å². The maximum absolute atomic E-state index is 13.9. The summed E-state index contributed by atoms with van der Waals surface area (Å²) >= 11 is 0. The SMILES string of the molecule is C=C(COC)C(=O)OC(C)(C)C(=O)OC(C(F)(F)F)C(F)(F)F.C=C(COCC(=O)OCC(F)(F)C(F)(F)F)C(=O)OCC(=O)OCC(F)(F)C(F)(F)F.C=C(COCC(F)(F)F)C(=O)OCCOC(=O)C(F)(F)C(F)(F)C(=O)OC1CCCC1.C=C(COCC)C(=O)OCCOC(=O)C(F)(F)C(F)(F)C(F)(F)C(=O)OC1CCCCC1. The molecule has 2 aliphatic carbocycles. The normalized spacial score (nSPS) is 14.3. The van der Waals surface area contributed by atoms with Gasteiger partial charge >= 0.3 is 138 Å². The minimum Gasteiger partial charge on any atom is -0.459 e. The largest absolute Gasteiger partial charge is 0.459 e. The summed E-state index contributed by atoms with van der Waals surface area (Å²) in [5, 5.41) is 0. The van der Waals surface area contributed by atoms with Gasteiger partial charge < -0.3 is 71.1 Å². The molecule has 0 aliphatic heterocycles. The summed E-state index contributed by atoms with van der Waals surface area (Å²) in [6.45, 7) is 0.851. The Morgan fingerprint density at radius 2 is 0.692 bits per heavy atom. The fourth-order valence-electron chi connectivity index (χ4n) is 7.18. The van der Waals surface area contributed by atoms with Crippen LogP contribution in [0.5, 0.6) is 0 Å². The van der Waals surface area contributed by atoms with Crippen LogP contribution >= 0.6 is 0 Å². The highest BCUT2D eigenvalue weighted by Crippen LogP contribution is 2.48. The number of methoxy groups -OCH3 is 1. The van der Waals surface area contributed by atoms with Crippen LogP contribution in [0.15, 0.2) is 48.6 Å². The third-order valence-electron chi connectivity index (χ3n) is 13.3. The summed E-state index contributed by atoms with van der Waals surface area (Å²) < 4.78 is 432. The van der Waals surface area contributed by atoms with E-state index in [1.165, 1.54) is 7.11 Å². The predicted molar refractivity (Wildman–Crippen MR) is 320 cm³/mol. The summed E-state index contributed by atoms with van der Waals surface area (Å²) in [5.74, 6) is -61.9. The first-order valence-electron chi connectivity index (χ1n) is 31.8. The lowest BCUT2D eigenvalue weighted by molar-refractivity contribution is -0.316. The van der Waals surface area contributed by atoms with Gasteiger partial charge in [0, 0.05) is 13.7 Å². The first-order chi connectivity index (χ1) is 52.9. The average Bonchev–Trinajstić information content (AvgIpc) is 1.09. The zero-order chi connectivity index (χ0) is 91.8. The quantitative estimate of drug-likeness (QED) is 0.0181. The van der Waals surface area contributed by atoms with E-state index >= 15 is 0 Å². The number of rotatable bonds is 40. The lowest BCUT2D eigenvalue weighted by Crippen LogP contribution is -2.62. The number of hydrogen-bond acceptors (Lipinski definition) is 26. The number of halogens is 29. The van der Waals surface area contributed by atoms with Crippen LogP contribution in [0.1, 0.15) is 78.6 Å². The minimum absolute atomic E-state index is 0.127. The van der Waals surface area contributed by atoms with E-state index < -0.39 is 246 Å². The van der Waals surface area contributed by atoms with Crippen molar-refractivity contribution < 1.29 is 251 Å². The van der Waals surface area contributed by atoms with E-state index in [2.05, 4.69) is 92.6 Å². The first-order valence-corrected chi connectivity index (χ1v) is 31.8. The van der Waals surface area contributed by atoms with Gasteiger partial charge in [-0.3, -0.25) is 0 Å². The van der Waals surface area contributed by atoms with Gasteiger partial charge in [-0.2, -0.15) is 127 Å². The Kier molecular flexibility index (Phi) is 43.6. The Morgan fingerprint density at radius 3 is 1.08 bits per heavy atom. The van der Waals surface area contributed by atoms with Crippen LogP contribution < -0.4 is 0 Å². The van der Waals surface area contributed by atoms with Gasteiger partial charge in [0.05, 0.1) is 48.7 Å². The number of esters is 11. The standard InChI is InChI=1S/C19H24F6O7.C17H19F7O7.C14H12F10O7.C12H14F6O5/c1-3-29-11-12(2)14(26)30-9-10-31-15(27)17(20,21)19(24,25)18(22,23)16(28)32-13-7-5-4-6-8-13;1-10(8-28-9-15(18,19)20)12(25)29-6-7-30-13(26)16(21,22)17(23,24)14(27)31-11-4-2-3-5-11;1-7(2-28-3-8(25)30-5-11(15,16)13(19,20)21)10(27)29-4-9(26)31-6-12(17,18)14(22,23)24;1-6(5-21-4)7(19)23-10(2,3)9(20)22-8(11(13,14)15)12(16,17)18/h13H,2-11H2,1H3;11H,1-9H2;1-6H2;8H,1,5H2,2-4H3. The van der Waals surface area contributed by atoms with Crippen LogP contribution in [0.2, 0.25) is 0 Å². The number of ether oxygens (including phenoxy) is 15. The van der Waals surface area contributed by atoms with Gasteiger partial charge in [-0.1, -0.05) is 32.7 Å². The van der Waals surface area contributed by atoms with Crippen LogP contribution in [-0.4, -0.2) is 262 Å². The fraction of sp³-hybridized carbons (Fsp3) is 0.694. The third-order valence-corrected chi connectivity index (χ3v) is 13.3. The van der Waals surface area contributed by atoms with E-state index in [0.29, 0.717) is 25.7 Å². The third kappa shape index (κ3) is 37.6. The summed E-state index contributed by atoms with van der Waals surface area (Å²) in [6, 6.07) is 0. The zero-order valence-corrected chi connectivity index (χ0v) is 60.4. The Labute approximate surface area is 639 Å². The van der Waals surface area contributed by atoms with E-state index in [1.807, 2.05) is 0 Å². The summed E-state index contributed by atoms with van der Waals surface area (Å²) in [4.78, 5) is 125. The molecule has 26 nitrogen and oxygen atoms in total. The van der Waals surface area contributed by atoms with Crippen LogP contribution in [0.4, 0.5) is 127 Å². The molecule has 0 radical (unpaired) electrons. The maximum Gasteiger partial charge on any atom is 0.456 e. The molecular formula is C62H69F29O26. The molecule has 0 heterocycles. The molecule has 0 aromatic heterocycles. The Morgan fingerprint density at radius 1 is 0.359 bits per heavy atom. The van der Waals surface area contributed by atoms with Crippen molar-refractivity contribution in [3.8, 4) is 0 Å². The second-order valence-electron chi connectivity index (χ2n) is 23.5. The number of hydrogen-bond donors (Lipinski definition) is 0. The molecule has 0 aromatic rings. The van der Waals surface area contributed by atoms with Gasteiger partial charge in [0.2, 0.25) is 5.60 Å². The zero-order valence-electron chi connectivity index (χ0n) is 60.4. The molecule has 0 saturated heterocycles. The van der Waals surface area contributed by atoms with Crippen LogP contribution in [0.3, 0.4) is 0 Å². The predicted octanol–water partition coefficient (Wildman–Crippen LogP) is 11.5. The van der Waals surface area contributed by atoms with E-state index in [0.717, 1.165) is 20.3 Å². The maximum atomic E-state index is 13.9. The number of carbonyl (C=O) groups excluding carboxylic acids is 11. The lowest BCUT2D eigenvalue weighted by Gasteiger charge is -2.31. The van der Waals surface area contributed by atoms with Crippen LogP contribution in [-0.2, 0) is 124 Å². The summed E-state index contributed by atoms with van der Waals surface area (Å²) in [7, 11) is 1.20. The van der Waals surface area contributed by atoms with Crippen LogP contribution in [0, 0.1) is 0 Å². The molecule has 0 atom stereocenters.